The van der Waals surface area contributed by atoms with Crippen molar-refractivity contribution in [2.24, 2.45) is 22.7 Å². The summed E-state index contributed by atoms with van der Waals surface area (Å²) >= 11 is 0. The molecule has 8 rings (SSSR count). The number of hydrogen-bond acceptors (Lipinski definition) is 2. The van der Waals surface area contributed by atoms with E-state index in [4.69, 9.17) is 0 Å². The first kappa shape index (κ1) is 28.6. The van der Waals surface area contributed by atoms with Crippen LogP contribution in [0, 0.1) is 36.5 Å². The third-order valence-corrected chi connectivity index (χ3v) is 13.0. The van der Waals surface area contributed by atoms with Crippen molar-refractivity contribution in [1.29, 1.82) is 0 Å². The third-order valence-electron chi connectivity index (χ3n) is 13.0. The Morgan fingerprint density at radius 2 is 1.84 bits per heavy atom. The van der Waals surface area contributed by atoms with Gasteiger partial charge in [-0.15, -0.1) is 0 Å². The highest BCUT2D eigenvalue weighted by Gasteiger charge is 2.60. The number of nitrogens with zero attached hydrogens (tertiary/aromatic N) is 1. The minimum atomic E-state index is 0.0252. The van der Waals surface area contributed by atoms with Crippen molar-refractivity contribution in [2.45, 2.75) is 85.1 Å². The van der Waals surface area contributed by atoms with E-state index in [9.17, 15) is 9.90 Å². The molecule has 1 amide bonds. The van der Waals surface area contributed by atoms with E-state index in [1.165, 1.54) is 80.5 Å². The molecule has 5 aromatic rings. The molecule has 3 aliphatic carbocycles. The topological polar surface area (TPSA) is 69.0 Å². The summed E-state index contributed by atoms with van der Waals surface area (Å²) in [5.41, 5.74) is 8.02. The SMILES string of the molecule is Cc1c2cc[n+](CCNC(=O)CC3(C)CC[C@H]4[C@@H]5CCc6cc(O)ccc6[C@H]5CC[C@@]43C)cc2c(C)c2c1[nH]c1ccccc12. The van der Waals surface area contributed by atoms with Crippen LogP contribution in [0.4, 0.5) is 0 Å². The summed E-state index contributed by atoms with van der Waals surface area (Å²) in [4.78, 5) is 17.1. The largest absolute Gasteiger partial charge is 0.508 e. The fourth-order valence-corrected chi connectivity index (χ4v) is 10.3. The molecular weight excluding hydrogens is 554 g/mol. The van der Waals surface area contributed by atoms with Crippen molar-refractivity contribution in [2.75, 3.05) is 6.54 Å². The van der Waals surface area contributed by atoms with Crippen LogP contribution in [0.3, 0.4) is 0 Å². The molecule has 2 fully saturated rings. The zero-order chi connectivity index (χ0) is 31.1. The molecule has 3 aromatic carbocycles. The second-order valence-corrected chi connectivity index (χ2v) is 15.1. The predicted molar refractivity (Wildman–Crippen MR) is 181 cm³/mol. The molecule has 2 saturated carbocycles. The van der Waals surface area contributed by atoms with Gasteiger partial charge in [0.05, 0.1) is 12.1 Å². The first-order valence-electron chi connectivity index (χ1n) is 17.1. The van der Waals surface area contributed by atoms with E-state index in [0.717, 1.165) is 19.4 Å². The monoisotopic (exact) mass is 600 g/mol. The Hall–Kier alpha value is -3.86. The summed E-state index contributed by atoms with van der Waals surface area (Å²) in [7, 11) is 0. The number of H-pyrrole nitrogens is 1. The average molecular weight is 601 g/mol. The first-order chi connectivity index (χ1) is 21.7. The predicted octanol–water partition coefficient (Wildman–Crippen LogP) is 8.15. The number of rotatable bonds is 5. The number of nitrogens with one attached hydrogen (secondary N) is 2. The molecule has 3 aliphatic rings. The highest BCUT2D eigenvalue weighted by Crippen LogP contribution is 2.68. The molecule has 232 valence electrons. The molecule has 0 aliphatic heterocycles. The van der Waals surface area contributed by atoms with Crippen LogP contribution < -0.4 is 9.88 Å². The van der Waals surface area contributed by atoms with Gasteiger partial charge >= 0.3 is 0 Å². The van der Waals surface area contributed by atoms with E-state index in [2.05, 4.69) is 91.4 Å². The molecule has 0 bridgehead atoms. The molecule has 0 saturated heterocycles. The number of aromatic nitrogens is 2. The first-order valence-corrected chi connectivity index (χ1v) is 17.1. The Kier molecular flexibility index (Phi) is 6.57. The number of fused-ring (bicyclic) bond motifs is 9. The van der Waals surface area contributed by atoms with Crippen LogP contribution >= 0.6 is 0 Å². The summed E-state index contributed by atoms with van der Waals surface area (Å²) in [6.45, 7) is 10.7. The molecule has 3 N–H and O–H groups in total. The maximum Gasteiger partial charge on any atom is 0.220 e. The smallest absolute Gasteiger partial charge is 0.220 e. The minimum Gasteiger partial charge on any atom is -0.508 e. The average Bonchev–Trinajstić information content (AvgIpc) is 3.55. The van der Waals surface area contributed by atoms with Crippen molar-refractivity contribution < 1.29 is 14.5 Å². The second kappa shape index (κ2) is 10.3. The lowest BCUT2D eigenvalue weighted by molar-refractivity contribution is -0.693. The van der Waals surface area contributed by atoms with Gasteiger partial charge in [0.25, 0.3) is 0 Å². The summed E-state index contributed by atoms with van der Waals surface area (Å²) < 4.78 is 2.23. The van der Waals surface area contributed by atoms with Crippen molar-refractivity contribution in [3.8, 4) is 5.75 Å². The Labute approximate surface area is 266 Å². The number of benzene rings is 3. The number of pyridine rings is 1. The Balaban J connectivity index is 0.955. The van der Waals surface area contributed by atoms with Gasteiger partial charge in [-0.1, -0.05) is 38.1 Å². The van der Waals surface area contributed by atoms with Gasteiger partial charge in [-0.2, -0.15) is 0 Å². The third kappa shape index (κ3) is 4.33. The molecule has 2 heterocycles. The lowest BCUT2D eigenvalue weighted by Crippen LogP contribution is -2.48. The molecule has 45 heavy (non-hydrogen) atoms. The molecule has 5 nitrogen and oxygen atoms in total. The fraction of sp³-hybridized carbons (Fsp3) is 0.450. The second-order valence-electron chi connectivity index (χ2n) is 15.1. The molecule has 2 aromatic heterocycles. The van der Waals surface area contributed by atoms with Crippen molar-refractivity contribution in [3.63, 3.8) is 0 Å². The van der Waals surface area contributed by atoms with Crippen LogP contribution in [0.5, 0.6) is 5.75 Å². The normalized spacial score (nSPS) is 27.4. The highest BCUT2D eigenvalue weighted by molar-refractivity contribution is 6.16. The number of amides is 1. The Bertz CT molecular complexity index is 1990. The molecular formula is C40H46N3O2+. The maximum atomic E-state index is 13.5. The van der Waals surface area contributed by atoms with Crippen LogP contribution in [-0.2, 0) is 17.8 Å². The van der Waals surface area contributed by atoms with Gasteiger partial charge in [-0.05, 0) is 127 Å². The van der Waals surface area contributed by atoms with Crippen LogP contribution in [-0.4, -0.2) is 22.5 Å². The van der Waals surface area contributed by atoms with Gasteiger partial charge in [-0.3, -0.25) is 4.79 Å². The van der Waals surface area contributed by atoms with E-state index in [1.807, 2.05) is 12.1 Å². The number of phenolic OH excluding ortho intramolecular Hbond substituents is 1. The highest BCUT2D eigenvalue weighted by atomic mass is 16.3. The fourth-order valence-electron chi connectivity index (χ4n) is 10.3. The summed E-state index contributed by atoms with van der Waals surface area (Å²) in [6.07, 6.45) is 12.0. The quantitative estimate of drug-likeness (QED) is 0.178. The molecule has 0 radical (unpaired) electrons. The summed E-state index contributed by atoms with van der Waals surface area (Å²) in [5.74, 6) is 2.54. The molecule has 0 spiro atoms. The van der Waals surface area contributed by atoms with Crippen LogP contribution in [0.25, 0.3) is 32.6 Å². The van der Waals surface area contributed by atoms with Crippen LogP contribution in [0.2, 0.25) is 0 Å². The van der Waals surface area contributed by atoms with Gasteiger partial charge in [0, 0.05) is 34.2 Å². The number of aromatic amines is 1. The number of aromatic hydroxyl groups is 1. The number of carbonyl (C=O) groups is 1. The van der Waals surface area contributed by atoms with Crippen LogP contribution in [0.1, 0.15) is 80.5 Å². The van der Waals surface area contributed by atoms with Gasteiger partial charge in [0.15, 0.2) is 18.9 Å². The van der Waals surface area contributed by atoms with Crippen molar-refractivity contribution in [3.05, 3.63) is 83.2 Å². The summed E-state index contributed by atoms with van der Waals surface area (Å²) in [6, 6.07) is 16.8. The van der Waals surface area contributed by atoms with E-state index >= 15 is 0 Å². The molecule has 5 heteroatoms. The van der Waals surface area contributed by atoms with Gasteiger partial charge < -0.3 is 15.4 Å². The van der Waals surface area contributed by atoms with Crippen molar-refractivity contribution in [1.82, 2.24) is 10.3 Å². The van der Waals surface area contributed by atoms with Gasteiger partial charge in [-0.25, -0.2) is 4.57 Å². The van der Waals surface area contributed by atoms with E-state index in [1.54, 1.807) is 0 Å². The lowest BCUT2D eigenvalue weighted by atomic mass is 9.50. The zero-order valence-corrected chi connectivity index (χ0v) is 27.2. The molecule has 1 unspecified atom stereocenters. The lowest BCUT2D eigenvalue weighted by Gasteiger charge is -2.54. The molecule has 5 atom stereocenters. The standard InChI is InChI=1S/C40H45N3O2/c1-24-33-23-43(19-15-28(33)25(2)38-37(24)32-7-5-6-8-35(32)42-38)20-18-41-36(45)22-39(3)16-14-34-31-11-9-26-21-27(44)10-12-29(26)30(31)13-17-40(34,39)4/h5-8,10,12,15,19,21,23,30-31,34H,9,11,13-14,16-18,20,22H2,1-4H3,(H2,41,44,45)/p+1/t30-,31-,34+,39?,40+/m1/s1. The van der Waals surface area contributed by atoms with E-state index < -0.39 is 0 Å². The number of aryl methyl sites for hydroxylation is 3. The van der Waals surface area contributed by atoms with E-state index in [0.29, 0.717) is 36.5 Å². The number of phenols is 1. The number of hydrogen-bond donors (Lipinski definition) is 3. The Morgan fingerprint density at radius 1 is 1.00 bits per heavy atom. The summed E-state index contributed by atoms with van der Waals surface area (Å²) in [5, 5.41) is 18.5. The van der Waals surface area contributed by atoms with Gasteiger partial charge in [0.1, 0.15) is 5.75 Å². The number of para-hydroxylation sites is 1. The maximum absolute atomic E-state index is 13.5. The minimum absolute atomic E-state index is 0.0252. The Morgan fingerprint density at radius 3 is 2.71 bits per heavy atom. The number of carbonyl (C=O) groups excluding carboxylic acids is 1. The van der Waals surface area contributed by atoms with E-state index in [-0.39, 0.29) is 16.7 Å². The van der Waals surface area contributed by atoms with Gasteiger partial charge in [0.2, 0.25) is 5.91 Å². The zero-order valence-electron chi connectivity index (χ0n) is 27.2. The van der Waals surface area contributed by atoms with Crippen molar-refractivity contribution >= 4 is 38.5 Å². The van der Waals surface area contributed by atoms with Crippen LogP contribution in [0.15, 0.2) is 60.9 Å².